The number of aliphatic hydroxyl groups is 1. The van der Waals surface area contributed by atoms with E-state index in [1.807, 2.05) is 0 Å². The van der Waals surface area contributed by atoms with Crippen LogP contribution < -0.4 is 10.1 Å². The maximum absolute atomic E-state index is 13.4. The minimum atomic E-state index is -0.504. The number of ether oxygens (including phenoxy) is 2. The lowest BCUT2D eigenvalue weighted by Crippen LogP contribution is -2.61. The molecule has 166 valence electrons. The first-order valence-corrected chi connectivity index (χ1v) is 12.5. The molecule has 1 saturated heterocycles. The highest BCUT2D eigenvalue weighted by molar-refractivity contribution is 7.15. The second kappa shape index (κ2) is 7.43. The monoisotopic (exact) mass is 443 g/mol. The Morgan fingerprint density at radius 2 is 2.03 bits per heavy atom. The molecule has 2 unspecified atom stereocenters. The Morgan fingerprint density at radius 3 is 2.68 bits per heavy atom. The summed E-state index contributed by atoms with van der Waals surface area (Å²) in [6, 6.07) is 2.41. The number of nitrogens with zero attached hydrogens (tertiary/aromatic N) is 2. The lowest BCUT2D eigenvalue weighted by atomic mass is 9.52. The predicted octanol–water partition coefficient (Wildman–Crippen LogP) is 3.34. The molecule has 7 rings (SSSR count). The van der Waals surface area contributed by atoms with Crippen molar-refractivity contribution in [2.45, 2.75) is 81.6 Å². The van der Waals surface area contributed by atoms with E-state index < -0.39 is 5.60 Å². The van der Waals surface area contributed by atoms with E-state index >= 15 is 0 Å². The molecule has 0 radical (unpaired) electrons. The largest absolute Gasteiger partial charge is 0.467 e. The molecule has 0 aromatic carbocycles. The van der Waals surface area contributed by atoms with Crippen molar-refractivity contribution in [1.82, 2.24) is 10.3 Å². The molecule has 6 fully saturated rings. The van der Waals surface area contributed by atoms with Crippen molar-refractivity contribution in [2.24, 2.45) is 23.7 Å². The molecule has 7 nitrogen and oxygen atoms in total. The summed E-state index contributed by atoms with van der Waals surface area (Å²) < 4.78 is 11.9. The first-order chi connectivity index (χ1) is 15.0. The SMILES string of the molecule is N#CC1CC(Oc2nc([C@H]3CCCO3)c(C(=O)NC3C4CC5CC3CC(O)(C5)C4)s2)C1. The number of nitriles is 1. The molecule has 3 atom stereocenters. The molecule has 5 aliphatic carbocycles. The zero-order valence-corrected chi connectivity index (χ0v) is 18.4. The summed E-state index contributed by atoms with van der Waals surface area (Å²) in [5.41, 5.74) is 0.199. The van der Waals surface area contributed by atoms with Gasteiger partial charge in [-0.3, -0.25) is 4.79 Å². The summed E-state index contributed by atoms with van der Waals surface area (Å²) >= 11 is 1.31. The van der Waals surface area contributed by atoms with Crippen LogP contribution in [0.1, 0.15) is 79.3 Å². The van der Waals surface area contributed by atoms with Crippen molar-refractivity contribution in [3.8, 4) is 11.3 Å². The molecule has 5 saturated carbocycles. The van der Waals surface area contributed by atoms with Crippen LogP contribution in [0.15, 0.2) is 0 Å². The van der Waals surface area contributed by atoms with Gasteiger partial charge in [0.2, 0.25) is 0 Å². The van der Waals surface area contributed by atoms with Crippen molar-refractivity contribution in [3.63, 3.8) is 0 Å². The lowest BCUT2D eigenvalue weighted by Gasteiger charge is -2.58. The van der Waals surface area contributed by atoms with Crippen molar-refractivity contribution in [2.75, 3.05) is 6.61 Å². The van der Waals surface area contributed by atoms with Crippen LogP contribution in [-0.2, 0) is 4.74 Å². The first-order valence-electron chi connectivity index (χ1n) is 11.7. The zero-order valence-electron chi connectivity index (χ0n) is 17.6. The van der Waals surface area contributed by atoms with Crippen molar-refractivity contribution < 1.29 is 19.4 Å². The molecule has 0 spiro atoms. The summed E-state index contributed by atoms with van der Waals surface area (Å²) in [7, 11) is 0. The van der Waals surface area contributed by atoms with Gasteiger partial charge in [0, 0.05) is 25.5 Å². The van der Waals surface area contributed by atoms with E-state index in [0.717, 1.165) is 57.8 Å². The molecule has 2 N–H and O–H groups in total. The van der Waals surface area contributed by atoms with Crippen molar-refractivity contribution >= 4 is 17.2 Å². The van der Waals surface area contributed by atoms with Gasteiger partial charge in [0.05, 0.1) is 23.3 Å². The third kappa shape index (κ3) is 3.55. The van der Waals surface area contributed by atoms with Gasteiger partial charge < -0.3 is 19.9 Å². The van der Waals surface area contributed by atoms with Gasteiger partial charge in [-0.15, -0.1) is 0 Å². The topological polar surface area (TPSA) is 104 Å². The van der Waals surface area contributed by atoms with Crippen LogP contribution in [0.4, 0.5) is 0 Å². The summed E-state index contributed by atoms with van der Waals surface area (Å²) in [6.45, 7) is 0.693. The minimum Gasteiger partial charge on any atom is -0.467 e. The van der Waals surface area contributed by atoms with Crippen molar-refractivity contribution in [3.05, 3.63) is 10.6 Å². The number of rotatable bonds is 5. The van der Waals surface area contributed by atoms with E-state index in [4.69, 9.17) is 14.7 Å². The number of thiazole rings is 1. The number of nitrogens with one attached hydrogen (secondary N) is 1. The predicted molar refractivity (Wildman–Crippen MR) is 113 cm³/mol. The Balaban J connectivity index is 1.20. The molecular weight excluding hydrogens is 414 g/mol. The number of hydrogen-bond acceptors (Lipinski definition) is 7. The molecule has 1 aromatic rings. The normalized spacial score (nSPS) is 42.8. The van der Waals surface area contributed by atoms with Gasteiger partial charge in [0.25, 0.3) is 11.1 Å². The highest BCUT2D eigenvalue weighted by Crippen LogP contribution is 2.55. The van der Waals surface area contributed by atoms with Crippen LogP contribution in [0.25, 0.3) is 0 Å². The van der Waals surface area contributed by atoms with Crippen LogP contribution in [0, 0.1) is 35.0 Å². The molecule has 1 aliphatic heterocycles. The average molecular weight is 444 g/mol. The van der Waals surface area contributed by atoms with Crippen molar-refractivity contribution in [1.29, 1.82) is 5.26 Å². The smallest absolute Gasteiger partial charge is 0.274 e. The Morgan fingerprint density at radius 1 is 1.26 bits per heavy atom. The Labute approximate surface area is 186 Å². The van der Waals surface area contributed by atoms with E-state index in [-0.39, 0.29) is 30.1 Å². The van der Waals surface area contributed by atoms with E-state index in [0.29, 0.717) is 40.1 Å². The highest BCUT2D eigenvalue weighted by Gasteiger charge is 2.55. The van der Waals surface area contributed by atoms with Gasteiger partial charge in [0.1, 0.15) is 17.1 Å². The Bertz CT molecular complexity index is 898. The van der Waals surface area contributed by atoms with Gasteiger partial charge in [-0.25, -0.2) is 4.98 Å². The van der Waals surface area contributed by atoms with Gasteiger partial charge in [-0.05, 0) is 62.7 Å². The van der Waals surface area contributed by atoms with E-state index in [1.165, 1.54) is 11.3 Å². The van der Waals surface area contributed by atoms with Crippen LogP contribution in [-0.4, -0.2) is 40.4 Å². The fraction of sp³-hybridized carbons (Fsp3) is 0.783. The molecule has 1 amide bonds. The van der Waals surface area contributed by atoms with Gasteiger partial charge >= 0.3 is 0 Å². The molecule has 6 aliphatic rings. The number of aromatic nitrogens is 1. The molecule has 1 aromatic heterocycles. The summed E-state index contributed by atoms with van der Waals surface area (Å²) in [5.74, 6) is 1.34. The van der Waals surface area contributed by atoms with E-state index in [9.17, 15) is 9.90 Å². The summed E-state index contributed by atoms with van der Waals surface area (Å²) in [5, 5.41) is 23.7. The fourth-order valence-corrected chi connectivity index (χ4v) is 7.82. The highest BCUT2D eigenvalue weighted by atomic mass is 32.1. The number of hydrogen-bond donors (Lipinski definition) is 2. The number of carbonyl (C=O) groups is 1. The molecule has 8 heteroatoms. The Kier molecular flexibility index (Phi) is 4.78. The number of carbonyl (C=O) groups excluding carboxylic acids is 1. The van der Waals surface area contributed by atoms with Gasteiger partial charge in [-0.1, -0.05) is 11.3 Å². The second-order valence-electron chi connectivity index (χ2n) is 10.4. The van der Waals surface area contributed by atoms with E-state index in [1.54, 1.807) is 0 Å². The van der Waals surface area contributed by atoms with Crippen LogP contribution >= 0.6 is 11.3 Å². The first kappa shape index (κ1) is 20.0. The second-order valence-corrected chi connectivity index (χ2v) is 11.4. The maximum atomic E-state index is 13.4. The van der Waals surface area contributed by atoms with Crippen LogP contribution in [0.3, 0.4) is 0 Å². The molecule has 2 heterocycles. The standard InChI is InChI=1S/C23H29N3O4S/c24-11-13-6-16(7-13)30-22-26-19(17-2-1-3-29-17)20(31-22)21(27)25-18-14-4-12-5-15(18)10-23(28,8-12)9-14/h12-18,28H,1-10H2,(H,25,27)/t12?,13?,14?,15?,16?,17-,18?,23?/m1/s1. The minimum absolute atomic E-state index is 0.00854. The zero-order chi connectivity index (χ0) is 21.2. The van der Waals surface area contributed by atoms with Crippen LogP contribution in [0.2, 0.25) is 0 Å². The third-order valence-electron chi connectivity index (χ3n) is 8.16. The van der Waals surface area contributed by atoms with Gasteiger partial charge in [-0.2, -0.15) is 5.26 Å². The van der Waals surface area contributed by atoms with Crippen LogP contribution in [0.5, 0.6) is 5.19 Å². The molecule has 31 heavy (non-hydrogen) atoms. The molecular formula is C23H29N3O4S. The summed E-state index contributed by atoms with van der Waals surface area (Å²) in [4.78, 5) is 18.7. The average Bonchev–Trinajstić information content (AvgIpc) is 3.35. The maximum Gasteiger partial charge on any atom is 0.274 e. The fourth-order valence-electron chi connectivity index (χ4n) is 6.88. The molecule has 4 bridgehead atoms. The van der Waals surface area contributed by atoms with E-state index in [2.05, 4.69) is 16.4 Å². The quantitative estimate of drug-likeness (QED) is 0.723. The lowest BCUT2D eigenvalue weighted by molar-refractivity contribution is -0.136. The number of amides is 1. The van der Waals surface area contributed by atoms with Gasteiger partial charge in [0.15, 0.2) is 0 Å². The third-order valence-corrected chi connectivity index (χ3v) is 9.12. The Hall–Kier alpha value is -1.69. The summed E-state index contributed by atoms with van der Waals surface area (Å²) in [6.07, 6.45) is 7.92.